The number of nitrogens with one attached hydrogen (secondary N) is 1. The van der Waals surface area contributed by atoms with Gasteiger partial charge in [-0.15, -0.1) is 0 Å². The average Bonchev–Trinajstić information content (AvgIpc) is 2.48. The van der Waals surface area contributed by atoms with Crippen LogP contribution in [0, 0.1) is 5.92 Å². The SMILES string of the molecule is CCCCCCCCCCCC(=O)NCC(CCO)C(C)(C)N. The number of unbranched alkanes of at least 4 members (excludes halogenated alkanes) is 8. The van der Waals surface area contributed by atoms with Crippen LogP contribution >= 0.6 is 0 Å². The number of rotatable bonds is 15. The molecular weight excluding hydrogens is 288 g/mol. The summed E-state index contributed by atoms with van der Waals surface area (Å²) in [6.07, 6.45) is 12.6. The number of amides is 1. The molecule has 0 rings (SSSR count). The van der Waals surface area contributed by atoms with Crippen molar-refractivity contribution in [2.24, 2.45) is 11.7 Å². The van der Waals surface area contributed by atoms with Crippen LogP contribution in [0.4, 0.5) is 0 Å². The first-order chi connectivity index (χ1) is 10.9. The van der Waals surface area contributed by atoms with Gasteiger partial charge in [0.25, 0.3) is 0 Å². The number of carbonyl (C=O) groups is 1. The maximum Gasteiger partial charge on any atom is 0.220 e. The fraction of sp³-hybridized carbons (Fsp3) is 0.947. The number of aliphatic hydroxyl groups excluding tert-OH is 1. The third-order valence-corrected chi connectivity index (χ3v) is 4.58. The van der Waals surface area contributed by atoms with Crippen molar-refractivity contribution in [2.75, 3.05) is 13.2 Å². The number of nitrogens with two attached hydrogens (primary N) is 1. The number of hydrogen-bond donors (Lipinski definition) is 3. The molecule has 0 aliphatic rings. The molecule has 23 heavy (non-hydrogen) atoms. The Kier molecular flexibility index (Phi) is 13.4. The van der Waals surface area contributed by atoms with Gasteiger partial charge < -0.3 is 16.2 Å². The molecule has 0 saturated carbocycles. The molecular formula is C19H40N2O2. The van der Waals surface area contributed by atoms with Crippen molar-refractivity contribution in [1.29, 1.82) is 0 Å². The van der Waals surface area contributed by atoms with E-state index in [-0.39, 0.29) is 24.0 Å². The standard InChI is InChI=1S/C19H40N2O2/c1-4-5-6-7-8-9-10-11-12-13-18(23)21-16-17(14-15-22)19(2,3)20/h17,22H,4-16,20H2,1-3H3,(H,21,23). The van der Waals surface area contributed by atoms with E-state index >= 15 is 0 Å². The summed E-state index contributed by atoms with van der Waals surface area (Å²) in [6, 6.07) is 0. The summed E-state index contributed by atoms with van der Waals surface area (Å²) in [7, 11) is 0. The lowest BCUT2D eigenvalue weighted by atomic mass is 9.86. The van der Waals surface area contributed by atoms with Gasteiger partial charge >= 0.3 is 0 Å². The van der Waals surface area contributed by atoms with Crippen LogP contribution in [0.2, 0.25) is 0 Å². The van der Waals surface area contributed by atoms with Crippen molar-refractivity contribution >= 4 is 5.91 Å². The van der Waals surface area contributed by atoms with Gasteiger partial charge in [-0.25, -0.2) is 0 Å². The van der Waals surface area contributed by atoms with E-state index in [1.54, 1.807) is 0 Å². The van der Waals surface area contributed by atoms with Crippen LogP contribution < -0.4 is 11.1 Å². The first-order valence-corrected chi connectivity index (χ1v) is 9.58. The van der Waals surface area contributed by atoms with Gasteiger partial charge in [0.15, 0.2) is 0 Å². The highest BCUT2D eigenvalue weighted by molar-refractivity contribution is 5.75. The maximum absolute atomic E-state index is 11.9. The van der Waals surface area contributed by atoms with Crippen LogP contribution in [0.3, 0.4) is 0 Å². The van der Waals surface area contributed by atoms with Crippen molar-refractivity contribution in [3.8, 4) is 0 Å². The molecule has 1 atom stereocenters. The molecule has 1 amide bonds. The second-order valence-electron chi connectivity index (χ2n) is 7.41. The zero-order valence-electron chi connectivity index (χ0n) is 15.7. The summed E-state index contributed by atoms with van der Waals surface area (Å²) in [5.41, 5.74) is 5.71. The predicted octanol–water partition coefficient (Wildman–Crippen LogP) is 3.76. The molecule has 0 aromatic heterocycles. The van der Waals surface area contributed by atoms with Gasteiger partial charge in [-0.2, -0.15) is 0 Å². The van der Waals surface area contributed by atoms with Gasteiger partial charge in [-0.1, -0.05) is 58.3 Å². The Bertz CT molecular complexity index is 288. The van der Waals surface area contributed by atoms with Crippen LogP contribution in [-0.2, 0) is 4.79 Å². The molecule has 0 saturated heterocycles. The number of hydrogen-bond acceptors (Lipinski definition) is 3. The highest BCUT2D eigenvalue weighted by Gasteiger charge is 2.24. The molecule has 0 aromatic carbocycles. The van der Waals surface area contributed by atoms with E-state index in [0.29, 0.717) is 19.4 Å². The summed E-state index contributed by atoms with van der Waals surface area (Å²) in [5, 5.41) is 12.1. The molecule has 4 nitrogen and oxygen atoms in total. The molecule has 0 fully saturated rings. The van der Waals surface area contributed by atoms with Crippen molar-refractivity contribution in [1.82, 2.24) is 5.32 Å². The minimum absolute atomic E-state index is 0.111. The van der Waals surface area contributed by atoms with E-state index in [1.807, 2.05) is 13.8 Å². The normalized spacial score (nSPS) is 13.1. The molecule has 0 radical (unpaired) electrons. The third-order valence-electron chi connectivity index (χ3n) is 4.58. The van der Waals surface area contributed by atoms with Crippen molar-refractivity contribution in [3.05, 3.63) is 0 Å². The molecule has 138 valence electrons. The molecule has 0 bridgehead atoms. The third kappa shape index (κ3) is 13.5. The molecule has 0 spiro atoms. The molecule has 0 aliphatic heterocycles. The Morgan fingerprint density at radius 3 is 2.04 bits per heavy atom. The average molecular weight is 329 g/mol. The van der Waals surface area contributed by atoms with Crippen molar-refractivity contribution in [2.45, 2.75) is 96.9 Å². The lowest BCUT2D eigenvalue weighted by Gasteiger charge is -2.30. The minimum atomic E-state index is -0.381. The monoisotopic (exact) mass is 328 g/mol. The molecule has 0 aliphatic carbocycles. The smallest absolute Gasteiger partial charge is 0.220 e. The van der Waals surface area contributed by atoms with Crippen LogP contribution in [0.25, 0.3) is 0 Å². The van der Waals surface area contributed by atoms with Gasteiger partial charge in [0.1, 0.15) is 0 Å². The van der Waals surface area contributed by atoms with E-state index in [4.69, 9.17) is 10.8 Å². The first-order valence-electron chi connectivity index (χ1n) is 9.58. The van der Waals surface area contributed by atoms with Gasteiger partial charge in [0.2, 0.25) is 5.91 Å². The Labute approximate surface area is 143 Å². The summed E-state index contributed by atoms with van der Waals surface area (Å²) in [4.78, 5) is 11.9. The maximum atomic E-state index is 11.9. The minimum Gasteiger partial charge on any atom is -0.396 e. The van der Waals surface area contributed by atoms with Gasteiger partial charge in [-0.3, -0.25) is 4.79 Å². The van der Waals surface area contributed by atoms with Crippen LogP contribution in [0.5, 0.6) is 0 Å². The van der Waals surface area contributed by atoms with Crippen LogP contribution in [0.1, 0.15) is 91.4 Å². The summed E-state index contributed by atoms with van der Waals surface area (Å²) >= 11 is 0. The van der Waals surface area contributed by atoms with Crippen molar-refractivity contribution in [3.63, 3.8) is 0 Å². The van der Waals surface area contributed by atoms with E-state index in [2.05, 4.69) is 12.2 Å². The lowest BCUT2D eigenvalue weighted by Crippen LogP contribution is -2.47. The quantitative estimate of drug-likeness (QED) is 0.401. The van der Waals surface area contributed by atoms with E-state index in [0.717, 1.165) is 12.8 Å². The summed E-state index contributed by atoms with van der Waals surface area (Å²) < 4.78 is 0. The zero-order chi connectivity index (χ0) is 17.6. The van der Waals surface area contributed by atoms with Crippen molar-refractivity contribution < 1.29 is 9.90 Å². The van der Waals surface area contributed by atoms with E-state index in [9.17, 15) is 4.79 Å². The predicted molar refractivity (Wildman–Crippen MR) is 98.3 cm³/mol. The van der Waals surface area contributed by atoms with Crippen LogP contribution in [-0.4, -0.2) is 29.7 Å². The highest BCUT2D eigenvalue weighted by atomic mass is 16.3. The number of aliphatic hydroxyl groups is 1. The van der Waals surface area contributed by atoms with Gasteiger partial charge in [0.05, 0.1) is 0 Å². The largest absolute Gasteiger partial charge is 0.396 e. The second-order valence-corrected chi connectivity index (χ2v) is 7.41. The Morgan fingerprint density at radius 2 is 1.57 bits per heavy atom. The Hall–Kier alpha value is -0.610. The molecule has 4 N–H and O–H groups in total. The van der Waals surface area contributed by atoms with E-state index in [1.165, 1.54) is 44.9 Å². The first kappa shape index (κ1) is 22.4. The molecule has 0 heterocycles. The van der Waals surface area contributed by atoms with E-state index < -0.39 is 0 Å². The number of carbonyl (C=O) groups excluding carboxylic acids is 1. The molecule has 1 unspecified atom stereocenters. The lowest BCUT2D eigenvalue weighted by molar-refractivity contribution is -0.121. The molecule has 0 aromatic rings. The molecule has 4 heteroatoms. The fourth-order valence-corrected chi connectivity index (χ4v) is 2.81. The summed E-state index contributed by atoms with van der Waals surface area (Å²) in [5.74, 6) is 0.222. The van der Waals surface area contributed by atoms with Gasteiger partial charge in [-0.05, 0) is 32.6 Å². The summed E-state index contributed by atoms with van der Waals surface area (Å²) in [6.45, 7) is 6.80. The Morgan fingerprint density at radius 1 is 1.04 bits per heavy atom. The second kappa shape index (κ2) is 13.8. The zero-order valence-corrected chi connectivity index (χ0v) is 15.7. The van der Waals surface area contributed by atoms with Gasteiger partial charge in [0, 0.05) is 25.1 Å². The fourth-order valence-electron chi connectivity index (χ4n) is 2.81. The van der Waals surface area contributed by atoms with Crippen LogP contribution in [0.15, 0.2) is 0 Å². The Balaban J connectivity index is 3.59. The highest BCUT2D eigenvalue weighted by Crippen LogP contribution is 2.16. The topological polar surface area (TPSA) is 75.3 Å².